The summed E-state index contributed by atoms with van der Waals surface area (Å²) < 4.78 is 5.15. The van der Waals surface area contributed by atoms with Crippen LogP contribution in [-0.4, -0.2) is 34.7 Å². The Labute approximate surface area is 92.7 Å². The summed E-state index contributed by atoms with van der Waals surface area (Å²) in [4.78, 5) is 18.9. The average Bonchev–Trinajstić information content (AvgIpc) is 2.27. The smallest absolute Gasteiger partial charge is 0.311 e. The zero-order valence-electron chi connectivity index (χ0n) is 8.99. The molecule has 16 heavy (non-hydrogen) atoms. The van der Waals surface area contributed by atoms with Gasteiger partial charge in [-0.1, -0.05) is 0 Å². The molecule has 0 bridgehead atoms. The summed E-state index contributed by atoms with van der Waals surface area (Å²) >= 11 is 0. The van der Waals surface area contributed by atoms with Crippen molar-refractivity contribution in [2.24, 2.45) is 0 Å². The fourth-order valence-corrected chi connectivity index (χ4v) is 1.74. The van der Waals surface area contributed by atoms with Gasteiger partial charge in [-0.05, 0) is 0 Å². The van der Waals surface area contributed by atoms with Crippen molar-refractivity contribution in [3.8, 4) is 5.88 Å². The largest absolute Gasteiger partial charge is 0.481 e. The van der Waals surface area contributed by atoms with E-state index in [-0.39, 0.29) is 6.42 Å². The van der Waals surface area contributed by atoms with Crippen molar-refractivity contribution in [2.75, 3.05) is 13.7 Å². The number of carboxylic acid groups (broad SMARTS) is 1. The fraction of sp³-hybridized carbons (Fsp3) is 0.500. The molecule has 0 spiro atoms. The normalized spacial score (nSPS) is 14.3. The van der Waals surface area contributed by atoms with Crippen LogP contribution in [0.3, 0.4) is 0 Å². The predicted octanol–water partition coefficient (Wildman–Crippen LogP) is -0.242. The zero-order valence-corrected chi connectivity index (χ0v) is 8.99. The first-order valence-corrected chi connectivity index (χ1v) is 5.06. The van der Waals surface area contributed by atoms with Gasteiger partial charge in [-0.2, -0.15) is 4.98 Å². The zero-order chi connectivity index (χ0) is 11.5. The highest BCUT2D eigenvalue weighted by Gasteiger charge is 2.18. The summed E-state index contributed by atoms with van der Waals surface area (Å²) in [6, 6.07) is 0. The van der Waals surface area contributed by atoms with E-state index in [9.17, 15) is 4.79 Å². The Kier molecular flexibility index (Phi) is 3.00. The number of aromatic nitrogens is 2. The lowest BCUT2D eigenvalue weighted by Gasteiger charge is -2.18. The molecule has 0 saturated carbocycles. The molecule has 1 aliphatic rings. The molecule has 0 aromatic carbocycles. The Morgan fingerprint density at radius 1 is 1.56 bits per heavy atom. The van der Waals surface area contributed by atoms with Crippen LogP contribution in [-0.2, 0) is 24.2 Å². The number of nitrogens with one attached hydrogen (secondary N) is 1. The van der Waals surface area contributed by atoms with E-state index in [0.29, 0.717) is 18.2 Å². The SMILES string of the molecule is COc1nc(CC(=O)O)nc2c1CNCC2. The maximum absolute atomic E-state index is 10.6. The number of nitrogens with zero attached hydrogens (tertiary/aromatic N) is 2. The van der Waals surface area contributed by atoms with Gasteiger partial charge < -0.3 is 15.2 Å². The van der Waals surface area contributed by atoms with E-state index < -0.39 is 5.97 Å². The maximum Gasteiger partial charge on any atom is 0.311 e. The highest BCUT2D eigenvalue weighted by molar-refractivity contribution is 5.69. The van der Waals surface area contributed by atoms with Gasteiger partial charge in [0.25, 0.3) is 0 Å². The average molecular weight is 223 g/mol. The first-order chi connectivity index (χ1) is 7.70. The third kappa shape index (κ3) is 2.11. The van der Waals surface area contributed by atoms with E-state index in [1.54, 1.807) is 0 Å². The second-order valence-electron chi connectivity index (χ2n) is 3.57. The molecule has 6 heteroatoms. The van der Waals surface area contributed by atoms with Crippen molar-refractivity contribution >= 4 is 5.97 Å². The molecule has 2 heterocycles. The number of carboxylic acids is 1. The van der Waals surface area contributed by atoms with Gasteiger partial charge in [-0.3, -0.25) is 4.79 Å². The van der Waals surface area contributed by atoms with E-state index in [4.69, 9.17) is 9.84 Å². The molecule has 1 aromatic rings. The van der Waals surface area contributed by atoms with Crippen molar-refractivity contribution in [3.63, 3.8) is 0 Å². The summed E-state index contributed by atoms with van der Waals surface area (Å²) in [7, 11) is 1.53. The lowest BCUT2D eigenvalue weighted by Crippen LogP contribution is -2.26. The Morgan fingerprint density at radius 3 is 3.06 bits per heavy atom. The second kappa shape index (κ2) is 4.44. The van der Waals surface area contributed by atoms with Crippen LogP contribution in [0.4, 0.5) is 0 Å². The van der Waals surface area contributed by atoms with Crippen LogP contribution in [0.25, 0.3) is 0 Å². The molecular weight excluding hydrogens is 210 g/mol. The molecular formula is C10H13N3O3. The molecule has 0 atom stereocenters. The summed E-state index contributed by atoms with van der Waals surface area (Å²) in [6.07, 6.45) is 0.609. The molecule has 0 fully saturated rings. The summed E-state index contributed by atoms with van der Waals surface area (Å²) in [5.41, 5.74) is 1.82. The van der Waals surface area contributed by atoms with Gasteiger partial charge in [0.05, 0.1) is 12.8 Å². The van der Waals surface area contributed by atoms with Crippen LogP contribution in [0.15, 0.2) is 0 Å². The third-order valence-electron chi connectivity index (χ3n) is 2.44. The van der Waals surface area contributed by atoms with E-state index in [1.807, 2.05) is 0 Å². The molecule has 0 saturated heterocycles. The molecule has 6 nitrogen and oxygen atoms in total. The van der Waals surface area contributed by atoms with E-state index in [0.717, 1.165) is 24.2 Å². The molecule has 1 aromatic heterocycles. The fourth-order valence-electron chi connectivity index (χ4n) is 1.74. The van der Waals surface area contributed by atoms with Crippen LogP contribution in [0.5, 0.6) is 5.88 Å². The number of hydrogen-bond donors (Lipinski definition) is 2. The van der Waals surface area contributed by atoms with E-state index >= 15 is 0 Å². The summed E-state index contributed by atoms with van der Waals surface area (Å²) in [5.74, 6) is -0.144. The van der Waals surface area contributed by atoms with Gasteiger partial charge >= 0.3 is 5.97 Å². The van der Waals surface area contributed by atoms with Crippen LogP contribution in [0.1, 0.15) is 17.1 Å². The van der Waals surface area contributed by atoms with Crippen LogP contribution < -0.4 is 10.1 Å². The standard InChI is InChI=1S/C10H13N3O3/c1-16-10-6-5-11-3-2-7(6)12-8(13-10)4-9(14)15/h11H,2-5H2,1H3,(H,14,15). The lowest BCUT2D eigenvalue weighted by atomic mass is 10.1. The number of methoxy groups -OCH3 is 1. The Balaban J connectivity index is 2.39. The molecule has 0 aliphatic carbocycles. The molecule has 0 unspecified atom stereocenters. The molecule has 86 valence electrons. The van der Waals surface area contributed by atoms with Crippen LogP contribution in [0, 0.1) is 0 Å². The maximum atomic E-state index is 10.6. The van der Waals surface area contributed by atoms with E-state index in [2.05, 4.69) is 15.3 Å². The van der Waals surface area contributed by atoms with Crippen molar-refractivity contribution in [2.45, 2.75) is 19.4 Å². The number of aliphatic carboxylic acids is 1. The highest BCUT2D eigenvalue weighted by atomic mass is 16.5. The minimum Gasteiger partial charge on any atom is -0.481 e. The monoisotopic (exact) mass is 223 g/mol. The van der Waals surface area contributed by atoms with E-state index in [1.165, 1.54) is 7.11 Å². The van der Waals surface area contributed by atoms with Gasteiger partial charge in [-0.15, -0.1) is 0 Å². The van der Waals surface area contributed by atoms with Gasteiger partial charge in [0.15, 0.2) is 0 Å². The van der Waals surface area contributed by atoms with Crippen molar-refractivity contribution in [3.05, 3.63) is 17.1 Å². The Morgan fingerprint density at radius 2 is 2.38 bits per heavy atom. The van der Waals surface area contributed by atoms with Crippen molar-refractivity contribution < 1.29 is 14.6 Å². The highest BCUT2D eigenvalue weighted by Crippen LogP contribution is 2.21. The first-order valence-electron chi connectivity index (χ1n) is 5.06. The van der Waals surface area contributed by atoms with Gasteiger partial charge in [0.2, 0.25) is 5.88 Å². The summed E-state index contributed by atoms with van der Waals surface area (Å²) in [6.45, 7) is 1.52. The number of ether oxygens (including phenoxy) is 1. The first kappa shape index (κ1) is 10.8. The minimum atomic E-state index is -0.934. The van der Waals surface area contributed by atoms with Gasteiger partial charge in [0.1, 0.15) is 12.2 Å². The number of carbonyl (C=O) groups is 1. The number of fused-ring (bicyclic) bond motifs is 1. The van der Waals surface area contributed by atoms with Crippen LogP contribution in [0.2, 0.25) is 0 Å². The Bertz CT molecular complexity index is 403. The molecule has 2 rings (SSSR count). The topological polar surface area (TPSA) is 84.3 Å². The third-order valence-corrected chi connectivity index (χ3v) is 2.44. The summed E-state index contributed by atoms with van der Waals surface area (Å²) in [5, 5.41) is 11.9. The number of hydrogen-bond acceptors (Lipinski definition) is 5. The van der Waals surface area contributed by atoms with Gasteiger partial charge in [-0.25, -0.2) is 4.98 Å². The van der Waals surface area contributed by atoms with Gasteiger partial charge in [0, 0.05) is 25.1 Å². The number of rotatable bonds is 3. The molecule has 2 N–H and O–H groups in total. The second-order valence-corrected chi connectivity index (χ2v) is 3.57. The Hall–Kier alpha value is -1.69. The lowest BCUT2D eigenvalue weighted by molar-refractivity contribution is -0.136. The van der Waals surface area contributed by atoms with Crippen LogP contribution >= 0.6 is 0 Å². The molecule has 1 aliphatic heterocycles. The molecule has 0 amide bonds. The molecule has 0 radical (unpaired) electrons. The predicted molar refractivity (Wildman–Crippen MR) is 55.3 cm³/mol. The van der Waals surface area contributed by atoms with Crippen molar-refractivity contribution in [1.82, 2.24) is 15.3 Å². The van der Waals surface area contributed by atoms with Crippen molar-refractivity contribution in [1.29, 1.82) is 0 Å². The quantitative estimate of drug-likeness (QED) is 0.735. The minimum absolute atomic E-state index is 0.170.